The van der Waals surface area contributed by atoms with E-state index in [1.165, 1.54) is 17.0 Å². The van der Waals surface area contributed by atoms with Crippen LogP contribution in [0.2, 0.25) is 0 Å². The Balaban J connectivity index is 1.33. The van der Waals surface area contributed by atoms with Crippen molar-refractivity contribution in [3.8, 4) is 0 Å². The van der Waals surface area contributed by atoms with Crippen LogP contribution in [0.15, 0.2) is 48.5 Å². The van der Waals surface area contributed by atoms with Gasteiger partial charge in [-0.3, -0.25) is 14.5 Å². The first-order valence-corrected chi connectivity index (χ1v) is 13.7. The Hall–Kier alpha value is -3.36. The van der Waals surface area contributed by atoms with E-state index < -0.39 is 17.3 Å². The number of nitrogens with zero attached hydrogens (tertiary/aromatic N) is 3. The number of carbonyl (C=O) groups excluding carboxylic acids is 3. The van der Waals surface area contributed by atoms with Crippen LogP contribution in [0.5, 0.6) is 0 Å². The smallest absolute Gasteiger partial charge is 0.371 e. The molecule has 2 aromatic rings. The van der Waals surface area contributed by atoms with E-state index in [9.17, 15) is 27.6 Å². The highest BCUT2D eigenvalue weighted by Crippen LogP contribution is 2.40. The third-order valence-electron chi connectivity index (χ3n) is 8.51. The van der Waals surface area contributed by atoms with Crippen molar-refractivity contribution < 1.29 is 27.6 Å². The minimum absolute atomic E-state index is 0.0926. The summed E-state index contributed by atoms with van der Waals surface area (Å²) in [4.78, 5) is 44.4. The SMILES string of the molecule is CC(=O)Cc1cccc(N2CCC3(CC2)C(=O)N(CC2CCC2)C(=O)N3CCc2ccc(C(F)(F)F)cc2)c1. The summed E-state index contributed by atoms with van der Waals surface area (Å²) in [5.41, 5.74) is 0.970. The van der Waals surface area contributed by atoms with Crippen LogP contribution >= 0.6 is 0 Å². The first kappa shape index (κ1) is 27.2. The first-order chi connectivity index (χ1) is 18.6. The fourth-order valence-electron chi connectivity index (χ4n) is 6.06. The molecule has 5 rings (SSSR count). The minimum atomic E-state index is -4.40. The van der Waals surface area contributed by atoms with Crippen LogP contribution in [-0.2, 0) is 28.6 Å². The number of hydrogen-bond acceptors (Lipinski definition) is 4. The summed E-state index contributed by atoms with van der Waals surface area (Å²) >= 11 is 0. The second-order valence-electron chi connectivity index (χ2n) is 11.2. The van der Waals surface area contributed by atoms with Gasteiger partial charge in [-0.05, 0) is 80.3 Å². The van der Waals surface area contributed by atoms with Crippen molar-refractivity contribution in [3.05, 3.63) is 65.2 Å². The Labute approximate surface area is 226 Å². The van der Waals surface area contributed by atoms with Crippen molar-refractivity contribution in [2.24, 2.45) is 5.92 Å². The van der Waals surface area contributed by atoms with Gasteiger partial charge in [-0.15, -0.1) is 0 Å². The summed E-state index contributed by atoms with van der Waals surface area (Å²) in [5.74, 6) is 0.292. The average molecular weight is 542 g/mol. The number of alkyl halides is 3. The lowest BCUT2D eigenvalue weighted by atomic mass is 9.83. The fourth-order valence-corrected chi connectivity index (χ4v) is 6.06. The molecule has 2 aromatic carbocycles. The minimum Gasteiger partial charge on any atom is -0.371 e. The van der Waals surface area contributed by atoms with Gasteiger partial charge in [0.25, 0.3) is 5.91 Å². The van der Waals surface area contributed by atoms with E-state index in [0.29, 0.717) is 56.8 Å². The van der Waals surface area contributed by atoms with E-state index in [1.807, 2.05) is 24.3 Å². The highest BCUT2D eigenvalue weighted by atomic mass is 19.4. The molecule has 0 aromatic heterocycles. The predicted molar refractivity (Wildman–Crippen MR) is 141 cm³/mol. The molecule has 3 amide bonds. The van der Waals surface area contributed by atoms with Gasteiger partial charge in [0.2, 0.25) is 0 Å². The van der Waals surface area contributed by atoms with Crippen LogP contribution in [-0.4, -0.2) is 59.2 Å². The molecule has 3 aliphatic rings. The summed E-state index contributed by atoms with van der Waals surface area (Å²) in [6.07, 6.45) is 0.424. The van der Waals surface area contributed by atoms with Crippen molar-refractivity contribution in [2.45, 2.75) is 63.6 Å². The number of Topliss-reactive ketones (excluding diaryl/α,β-unsaturated/α-hetero) is 1. The van der Waals surface area contributed by atoms with Gasteiger partial charge in [-0.1, -0.05) is 30.7 Å². The number of rotatable bonds is 8. The lowest BCUT2D eigenvalue weighted by Gasteiger charge is -2.43. The summed E-state index contributed by atoms with van der Waals surface area (Å²) in [5, 5.41) is 0. The Morgan fingerprint density at radius 2 is 1.69 bits per heavy atom. The molecule has 0 atom stereocenters. The lowest BCUT2D eigenvalue weighted by molar-refractivity contribution is -0.137. The van der Waals surface area contributed by atoms with Gasteiger partial charge in [-0.2, -0.15) is 13.2 Å². The number of carbonyl (C=O) groups is 3. The van der Waals surface area contributed by atoms with Crippen LogP contribution < -0.4 is 4.90 Å². The number of imide groups is 1. The van der Waals surface area contributed by atoms with Crippen LogP contribution in [0.25, 0.3) is 0 Å². The number of anilines is 1. The third kappa shape index (κ3) is 5.54. The van der Waals surface area contributed by atoms with Crippen molar-refractivity contribution in [3.63, 3.8) is 0 Å². The van der Waals surface area contributed by atoms with Crippen LogP contribution in [0, 0.1) is 5.92 Å². The number of amides is 3. The quantitative estimate of drug-likeness (QED) is 0.415. The van der Waals surface area contributed by atoms with Crippen molar-refractivity contribution in [1.82, 2.24) is 9.80 Å². The van der Waals surface area contributed by atoms with E-state index >= 15 is 0 Å². The van der Waals surface area contributed by atoms with Crippen molar-refractivity contribution in [2.75, 3.05) is 31.1 Å². The largest absolute Gasteiger partial charge is 0.416 e. The Bertz CT molecular complexity index is 1230. The van der Waals surface area contributed by atoms with E-state index in [1.54, 1.807) is 11.8 Å². The van der Waals surface area contributed by atoms with Crippen LogP contribution in [0.1, 0.15) is 55.7 Å². The number of hydrogen-bond donors (Lipinski definition) is 0. The summed E-state index contributed by atoms with van der Waals surface area (Å²) in [6.45, 7) is 3.43. The van der Waals surface area contributed by atoms with Gasteiger partial charge >= 0.3 is 12.2 Å². The molecule has 0 bridgehead atoms. The van der Waals surface area contributed by atoms with Gasteiger partial charge in [-0.25, -0.2) is 4.79 Å². The molecule has 1 spiro atoms. The molecule has 0 N–H and O–H groups in total. The monoisotopic (exact) mass is 541 g/mol. The zero-order valence-electron chi connectivity index (χ0n) is 22.2. The molecule has 2 saturated heterocycles. The van der Waals surface area contributed by atoms with Gasteiger partial charge in [0, 0.05) is 38.3 Å². The van der Waals surface area contributed by atoms with E-state index in [4.69, 9.17) is 0 Å². The second kappa shape index (κ2) is 10.7. The van der Waals surface area contributed by atoms with Gasteiger partial charge in [0.15, 0.2) is 0 Å². The zero-order chi connectivity index (χ0) is 27.8. The molecule has 0 radical (unpaired) electrons. The molecule has 3 fully saturated rings. The molecular formula is C30H34F3N3O3. The Morgan fingerprint density at radius 3 is 2.28 bits per heavy atom. The molecule has 6 nitrogen and oxygen atoms in total. The maximum Gasteiger partial charge on any atom is 0.416 e. The molecule has 39 heavy (non-hydrogen) atoms. The average Bonchev–Trinajstić information content (AvgIpc) is 3.05. The van der Waals surface area contributed by atoms with Crippen LogP contribution in [0.4, 0.5) is 23.7 Å². The number of benzene rings is 2. The van der Waals surface area contributed by atoms with Gasteiger partial charge in [0.1, 0.15) is 11.3 Å². The number of ketones is 1. The second-order valence-corrected chi connectivity index (χ2v) is 11.2. The third-order valence-corrected chi connectivity index (χ3v) is 8.51. The Kier molecular flexibility index (Phi) is 7.44. The molecule has 2 heterocycles. The van der Waals surface area contributed by atoms with E-state index in [2.05, 4.69) is 4.90 Å². The maximum atomic E-state index is 13.8. The standard InChI is InChI=1S/C30H34F3N3O3/c1-21(37)18-24-6-3-7-26(19-24)34-16-13-29(14-17-34)27(38)35(20-23-4-2-5-23)28(39)36(29)15-12-22-8-10-25(11-9-22)30(31,32)33/h3,6-11,19,23H,2,4-5,12-18,20H2,1H3. The van der Waals surface area contributed by atoms with E-state index in [0.717, 1.165) is 42.6 Å². The number of piperidine rings is 1. The number of halogens is 3. The van der Waals surface area contributed by atoms with Crippen molar-refractivity contribution >= 4 is 23.4 Å². The van der Waals surface area contributed by atoms with E-state index in [-0.39, 0.29) is 24.3 Å². The summed E-state index contributed by atoms with van der Waals surface area (Å²) in [6, 6.07) is 12.6. The topological polar surface area (TPSA) is 60.9 Å². The number of urea groups is 1. The molecular weight excluding hydrogens is 507 g/mol. The lowest BCUT2D eigenvalue weighted by Crippen LogP contribution is -2.57. The molecule has 9 heteroatoms. The molecule has 0 unspecified atom stereocenters. The normalized spacial score (nSPS) is 19.6. The summed E-state index contributed by atoms with van der Waals surface area (Å²) < 4.78 is 38.9. The molecule has 1 aliphatic carbocycles. The molecule has 208 valence electrons. The molecule has 2 aliphatic heterocycles. The maximum absolute atomic E-state index is 13.8. The fraction of sp³-hybridized carbons (Fsp3) is 0.500. The first-order valence-electron chi connectivity index (χ1n) is 13.7. The Morgan fingerprint density at radius 1 is 1.00 bits per heavy atom. The summed E-state index contributed by atoms with van der Waals surface area (Å²) in [7, 11) is 0. The highest BCUT2D eigenvalue weighted by Gasteiger charge is 2.58. The molecule has 1 saturated carbocycles. The highest BCUT2D eigenvalue weighted by molar-refractivity contribution is 6.07. The van der Waals surface area contributed by atoms with Gasteiger partial charge < -0.3 is 9.80 Å². The predicted octanol–water partition coefficient (Wildman–Crippen LogP) is 5.48. The van der Waals surface area contributed by atoms with Crippen LogP contribution in [0.3, 0.4) is 0 Å². The van der Waals surface area contributed by atoms with Gasteiger partial charge in [0.05, 0.1) is 5.56 Å². The zero-order valence-corrected chi connectivity index (χ0v) is 22.2. The van der Waals surface area contributed by atoms with Crippen molar-refractivity contribution in [1.29, 1.82) is 0 Å².